The minimum atomic E-state index is -0.181. The molecule has 0 spiro atoms. The highest BCUT2D eigenvalue weighted by Crippen LogP contribution is 2.32. The molecule has 1 aliphatic rings. The predicted molar refractivity (Wildman–Crippen MR) is 97.4 cm³/mol. The van der Waals surface area contributed by atoms with Gasteiger partial charge < -0.3 is 20.1 Å². The SMILES string of the molecule is CCC(CC(=O)OC)c1ccc(N(CC)C2CCCOC2)c(N)c1. The highest BCUT2D eigenvalue weighted by Gasteiger charge is 2.23. The molecule has 1 saturated heterocycles. The van der Waals surface area contributed by atoms with E-state index in [0.717, 1.165) is 56.0 Å². The summed E-state index contributed by atoms with van der Waals surface area (Å²) in [5.41, 5.74) is 9.29. The van der Waals surface area contributed by atoms with E-state index < -0.39 is 0 Å². The van der Waals surface area contributed by atoms with Crippen LogP contribution in [0.1, 0.15) is 51.0 Å². The van der Waals surface area contributed by atoms with Gasteiger partial charge in [0.05, 0.1) is 37.6 Å². The molecule has 2 unspecified atom stereocenters. The van der Waals surface area contributed by atoms with E-state index in [1.165, 1.54) is 7.11 Å². The van der Waals surface area contributed by atoms with Gasteiger partial charge in [-0.3, -0.25) is 4.79 Å². The van der Waals surface area contributed by atoms with Crippen LogP contribution in [0.2, 0.25) is 0 Å². The second kappa shape index (κ2) is 8.92. The quantitative estimate of drug-likeness (QED) is 0.612. The molecule has 0 aromatic heterocycles. The van der Waals surface area contributed by atoms with Crippen molar-refractivity contribution >= 4 is 17.3 Å². The molecule has 134 valence electrons. The van der Waals surface area contributed by atoms with Crippen LogP contribution >= 0.6 is 0 Å². The molecular formula is C19H30N2O3. The van der Waals surface area contributed by atoms with Crippen molar-refractivity contribution in [3.63, 3.8) is 0 Å². The number of likely N-dealkylation sites (N-methyl/N-ethyl adjacent to an activating group) is 1. The van der Waals surface area contributed by atoms with E-state index in [9.17, 15) is 4.79 Å². The summed E-state index contributed by atoms with van der Waals surface area (Å²) in [5.74, 6) is -0.0408. The number of nitrogens with zero attached hydrogens (tertiary/aromatic N) is 1. The molecule has 2 rings (SSSR count). The van der Waals surface area contributed by atoms with Gasteiger partial charge in [0.15, 0.2) is 0 Å². The number of carbonyl (C=O) groups excluding carboxylic acids is 1. The number of nitrogen functional groups attached to an aromatic ring is 1. The molecule has 0 bridgehead atoms. The van der Waals surface area contributed by atoms with Crippen LogP contribution in [0, 0.1) is 0 Å². The summed E-state index contributed by atoms with van der Waals surface area (Å²) in [6.45, 7) is 6.74. The van der Waals surface area contributed by atoms with Gasteiger partial charge in [0.2, 0.25) is 0 Å². The Morgan fingerprint density at radius 2 is 2.25 bits per heavy atom. The zero-order chi connectivity index (χ0) is 17.5. The Labute approximate surface area is 145 Å². The lowest BCUT2D eigenvalue weighted by Gasteiger charge is -2.36. The Hall–Kier alpha value is -1.75. The first kappa shape index (κ1) is 18.6. The Bertz CT molecular complexity index is 541. The summed E-state index contributed by atoms with van der Waals surface area (Å²) >= 11 is 0. The van der Waals surface area contributed by atoms with Gasteiger partial charge in [-0.1, -0.05) is 13.0 Å². The summed E-state index contributed by atoms with van der Waals surface area (Å²) in [4.78, 5) is 13.9. The van der Waals surface area contributed by atoms with Crippen LogP contribution in [0.15, 0.2) is 18.2 Å². The molecule has 24 heavy (non-hydrogen) atoms. The van der Waals surface area contributed by atoms with Crippen LogP contribution in [0.5, 0.6) is 0 Å². The van der Waals surface area contributed by atoms with Crippen molar-refractivity contribution in [2.24, 2.45) is 0 Å². The van der Waals surface area contributed by atoms with Crippen molar-refractivity contribution in [2.75, 3.05) is 37.5 Å². The Morgan fingerprint density at radius 1 is 1.46 bits per heavy atom. The number of esters is 1. The second-order valence-corrected chi connectivity index (χ2v) is 6.36. The third-order valence-electron chi connectivity index (χ3n) is 4.88. The van der Waals surface area contributed by atoms with Crippen molar-refractivity contribution in [1.82, 2.24) is 0 Å². The fraction of sp³-hybridized carbons (Fsp3) is 0.632. The zero-order valence-corrected chi connectivity index (χ0v) is 15.1. The minimum absolute atomic E-state index is 0.141. The molecule has 1 aliphatic heterocycles. The topological polar surface area (TPSA) is 64.8 Å². The van der Waals surface area contributed by atoms with Crippen LogP contribution in [0.3, 0.4) is 0 Å². The van der Waals surface area contributed by atoms with E-state index in [4.69, 9.17) is 15.2 Å². The molecule has 5 nitrogen and oxygen atoms in total. The normalized spacial score (nSPS) is 18.9. The van der Waals surface area contributed by atoms with E-state index in [-0.39, 0.29) is 11.9 Å². The molecule has 0 saturated carbocycles. The largest absolute Gasteiger partial charge is 0.469 e. The average Bonchev–Trinajstić information content (AvgIpc) is 2.62. The monoisotopic (exact) mass is 334 g/mol. The molecule has 1 heterocycles. The van der Waals surface area contributed by atoms with E-state index in [1.54, 1.807) is 0 Å². The predicted octanol–water partition coefficient (Wildman–Crippen LogP) is 3.33. The maximum absolute atomic E-state index is 11.6. The fourth-order valence-electron chi connectivity index (χ4n) is 3.47. The highest BCUT2D eigenvalue weighted by molar-refractivity contribution is 5.72. The summed E-state index contributed by atoms with van der Waals surface area (Å²) in [6, 6.07) is 6.57. The van der Waals surface area contributed by atoms with Crippen LogP contribution in [-0.2, 0) is 14.3 Å². The van der Waals surface area contributed by atoms with Gasteiger partial charge in [-0.05, 0) is 49.8 Å². The number of hydrogen-bond donors (Lipinski definition) is 1. The average molecular weight is 334 g/mol. The summed E-state index contributed by atoms with van der Waals surface area (Å²) in [7, 11) is 1.43. The number of methoxy groups -OCH3 is 1. The van der Waals surface area contributed by atoms with Crippen molar-refractivity contribution < 1.29 is 14.3 Å². The first-order chi connectivity index (χ1) is 11.6. The van der Waals surface area contributed by atoms with Gasteiger partial charge in [-0.2, -0.15) is 0 Å². The molecule has 2 atom stereocenters. The summed E-state index contributed by atoms with van der Waals surface area (Å²) < 4.78 is 10.4. The van der Waals surface area contributed by atoms with Crippen molar-refractivity contribution in [3.05, 3.63) is 23.8 Å². The van der Waals surface area contributed by atoms with Gasteiger partial charge in [-0.15, -0.1) is 0 Å². The van der Waals surface area contributed by atoms with Gasteiger partial charge in [-0.25, -0.2) is 0 Å². The van der Waals surface area contributed by atoms with E-state index >= 15 is 0 Å². The number of nitrogens with two attached hydrogens (primary N) is 1. The highest BCUT2D eigenvalue weighted by atomic mass is 16.5. The number of benzene rings is 1. The van der Waals surface area contributed by atoms with Crippen LogP contribution in [-0.4, -0.2) is 38.9 Å². The lowest BCUT2D eigenvalue weighted by Crippen LogP contribution is -2.41. The van der Waals surface area contributed by atoms with Crippen molar-refractivity contribution in [2.45, 2.75) is 51.5 Å². The van der Waals surface area contributed by atoms with Gasteiger partial charge in [0, 0.05) is 13.2 Å². The molecule has 1 aromatic carbocycles. The van der Waals surface area contributed by atoms with Gasteiger partial charge in [0.25, 0.3) is 0 Å². The third kappa shape index (κ3) is 4.41. The van der Waals surface area contributed by atoms with E-state index in [1.807, 2.05) is 6.07 Å². The molecule has 0 amide bonds. The molecule has 5 heteroatoms. The van der Waals surface area contributed by atoms with Crippen LogP contribution in [0.4, 0.5) is 11.4 Å². The van der Waals surface area contributed by atoms with E-state index in [2.05, 4.69) is 30.9 Å². The number of anilines is 2. The molecule has 0 aliphatic carbocycles. The molecule has 0 radical (unpaired) electrons. The molecule has 2 N–H and O–H groups in total. The van der Waals surface area contributed by atoms with Crippen molar-refractivity contribution in [3.8, 4) is 0 Å². The van der Waals surface area contributed by atoms with Gasteiger partial charge in [0.1, 0.15) is 0 Å². The number of ether oxygens (including phenoxy) is 2. The standard InChI is InChI=1S/C19H30N2O3/c1-4-14(12-19(22)23-3)15-8-9-18(17(20)11-15)21(5-2)16-7-6-10-24-13-16/h8-9,11,14,16H,4-7,10,12-13,20H2,1-3H3. The third-order valence-corrected chi connectivity index (χ3v) is 4.88. The lowest BCUT2D eigenvalue weighted by molar-refractivity contribution is -0.141. The number of rotatable bonds is 7. The van der Waals surface area contributed by atoms with E-state index in [0.29, 0.717) is 12.5 Å². The Morgan fingerprint density at radius 3 is 2.79 bits per heavy atom. The molecule has 1 fully saturated rings. The lowest BCUT2D eigenvalue weighted by atomic mass is 9.92. The first-order valence-electron chi connectivity index (χ1n) is 8.91. The molecular weight excluding hydrogens is 304 g/mol. The zero-order valence-electron chi connectivity index (χ0n) is 15.1. The smallest absolute Gasteiger partial charge is 0.306 e. The minimum Gasteiger partial charge on any atom is -0.469 e. The maximum atomic E-state index is 11.6. The fourth-order valence-corrected chi connectivity index (χ4v) is 3.47. The summed E-state index contributed by atoms with van der Waals surface area (Å²) in [5, 5.41) is 0. The van der Waals surface area contributed by atoms with Crippen LogP contribution < -0.4 is 10.6 Å². The number of carbonyl (C=O) groups is 1. The second-order valence-electron chi connectivity index (χ2n) is 6.36. The van der Waals surface area contributed by atoms with Crippen molar-refractivity contribution in [1.29, 1.82) is 0 Å². The van der Waals surface area contributed by atoms with Gasteiger partial charge >= 0.3 is 5.97 Å². The maximum Gasteiger partial charge on any atom is 0.306 e. The number of hydrogen-bond acceptors (Lipinski definition) is 5. The first-order valence-corrected chi connectivity index (χ1v) is 8.91. The molecule has 1 aromatic rings. The Kier molecular flexibility index (Phi) is 6.91. The summed E-state index contributed by atoms with van der Waals surface area (Å²) in [6.07, 6.45) is 3.49. The van der Waals surface area contributed by atoms with Crippen LogP contribution in [0.25, 0.3) is 0 Å². The Balaban J connectivity index is 2.19.